The summed E-state index contributed by atoms with van der Waals surface area (Å²) in [6.07, 6.45) is 0.0603. The summed E-state index contributed by atoms with van der Waals surface area (Å²) in [6.45, 7) is 7.46. The van der Waals surface area contributed by atoms with Crippen LogP contribution in [0.5, 0.6) is 0 Å². The Labute approximate surface area is 73.0 Å². The maximum Gasteiger partial charge on any atom is 0.305 e. The average Bonchev–Trinajstić information content (AvgIpc) is 2.00. The van der Waals surface area contributed by atoms with Gasteiger partial charge in [-0.15, -0.1) is 0 Å². The van der Waals surface area contributed by atoms with Crippen molar-refractivity contribution in [2.75, 3.05) is 6.61 Å². The number of hydrogen-bond donors (Lipinski definition) is 1. The highest BCUT2D eigenvalue weighted by molar-refractivity contribution is 5.69. The minimum Gasteiger partial charge on any atom is -0.466 e. The van der Waals surface area contributed by atoms with Crippen LogP contribution in [0.15, 0.2) is 12.2 Å². The predicted molar refractivity (Wildman–Crippen MR) is 46.7 cm³/mol. The molecule has 12 heavy (non-hydrogen) atoms. The molecule has 0 aromatic heterocycles. The second-order valence-corrected chi connectivity index (χ2v) is 2.71. The maximum absolute atomic E-state index is 10.8. The Morgan fingerprint density at radius 1 is 1.67 bits per heavy atom. The predicted octanol–water partition coefficient (Wildman–Crippen LogP) is 1.27. The van der Waals surface area contributed by atoms with Crippen molar-refractivity contribution >= 4 is 5.97 Å². The molecule has 0 bridgehead atoms. The van der Waals surface area contributed by atoms with Gasteiger partial charge in [-0.05, 0) is 20.3 Å². The van der Waals surface area contributed by atoms with E-state index in [1.54, 1.807) is 13.8 Å². The van der Waals surface area contributed by atoms with E-state index in [9.17, 15) is 9.90 Å². The molecule has 0 aliphatic carbocycles. The molecule has 0 aliphatic heterocycles. The van der Waals surface area contributed by atoms with Crippen LogP contribution < -0.4 is 0 Å². The van der Waals surface area contributed by atoms with Crippen LogP contribution in [0.25, 0.3) is 0 Å². The molecule has 1 N–H and O–H groups in total. The summed E-state index contributed by atoms with van der Waals surface area (Å²) < 4.78 is 4.69. The molecule has 1 unspecified atom stereocenters. The van der Waals surface area contributed by atoms with Gasteiger partial charge < -0.3 is 9.84 Å². The first kappa shape index (κ1) is 11.2. The van der Waals surface area contributed by atoms with Crippen molar-refractivity contribution in [2.24, 2.45) is 0 Å². The maximum atomic E-state index is 10.8. The lowest BCUT2D eigenvalue weighted by Gasteiger charge is -2.08. The van der Waals surface area contributed by atoms with Gasteiger partial charge in [-0.1, -0.05) is 12.2 Å². The van der Waals surface area contributed by atoms with Crippen LogP contribution in [0, 0.1) is 0 Å². The van der Waals surface area contributed by atoms with Crippen LogP contribution in [-0.4, -0.2) is 23.8 Å². The van der Waals surface area contributed by atoms with E-state index in [4.69, 9.17) is 4.74 Å². The second kappa shape index (κ2) is 5.77. The van der Waals surface area contributed by atoms with Crippen LogP contribution in [-0.2, 0) is 9.53 Å². The lowest BCUT2D eigenvalue weighted by molar-refractivity contribution is -0.143. The van der Waals surface area contributed by atoms with E-state index in [0.29, 0.717) is 18.6 Å². The zero-order chi connectivity index (χ0) is 9.56. The Hall–Kier alpha value is -0.830. The van der Waals surface area contributed by atoms with Crippen LogP contribution in [0.4, 0.5) is 0 Å². The first-order chi connectivity index (χ1) is 5.57. The first-order valence-corrected chi connectivity index (χ1v) is 4.07. The van der Waals surface area contributed by atoms with Gasteiger partial charge in [0.15, 0.2) is 0 Å². The molecule has 0 fully saturated rings. The summed E-state index contributed by atoms with van der Waals surface area (Å²) in [6, 6.07) is 0. The van der Waals surface area contributed by atoms with Crippen molar-refractivity contribution in [3.05, 3.63) is 12.2 Å². The third-order valence-electron chi connectivity index (χ3n) is 1.50. The second-order valence-electron chi connectivity index (χ2n) is 2.71. The fourth-order valence-electron chi connectivity index (χ4n) is 0.734. The van der Waals surface area contributed by atoms with Gasteiger partial charge in [0.1, 0.15) is 0 Å². The van der Waals surface area contributed by atoms with E-state index in [-0.39, 0.29) is 12.4 Å². The van der Waals surface area contributed by atoms with E-state index in [2.05, 4.69) is 6.58 Å². The Bertz CT molecular complexity index is 163. The first-order valence-electron chi connectivity index (χ1n) is 4.07. The summed E-state index contributed by atoms with van der Waals surface area (Å²) in [5.74, 6) is -0.266. The minimum atomic E-state index is -0.589. The molecule has 0 spiro atoms. The van der Waals surface area contributed by atoms with Crippen molar-refractivity contribution in [1.82, 2.24) is 0 Å². The number of aliphatic hydroxyl groups is 1. The molecule has 0 heterocycles. The number of hydrogen-bond acceptors (Lipinski definition) is 3. The number of carbonyl (C=O) groups excluding carboxylic acids is 1. The summed E-state index contributed by atoms with van der Waals surface area (Å²) in [4.78, 5) is 10.8. The molecule has 0 rings (SSSR count). The van der Waals surface area contributed by atoms with E-state index in [0.717, 1.165) is 0 Å². The SMILES string of the molecule is C=C(C)C(O)CCC(=O)OCC. The highest BCUT2D eigenvalue weighted by atomic mass is 16.5. The molecular weight excluding hydrogens is 156 g/mol. The topological polar surface area (TPSA) is 46.5 Å². The lowest BCUT2D eigenvalue weighted by atomic mass is 10.1. The lowest BCUT2D eigenvalue weighted by Crippen LogP contribution is -2.12. The number of esters is 1. The molecule has 3 nitrogen and oxygen atoms in total. The molecule has 0 aromatic carbocycles. The van der Waals surface area contributed by atoms with Gasteiger partial charge in [0.2, 0.25) is 0 Å². The highest BCUT2D eigenvalue weighted by Crippen LogP contribution is 2.06. The van der Waals surface area contributed by atoms with Crippen LogP contribution in [0.2, 0.25) is 0 Å². The van der Waals surface area contributed by atoms with Gasteiger partial charge in [-0.2, -0.15) is 0 Å². The molecule has 0 radical (unpaired) electrons. The standard InChI is InChI=1S/C9H16O3/c1-4-12-9(11)6-5-8(10)7(2)3/h8,10H,2,4-6H2,1,3H3. The number of carbonyl (C=O) groups is 1. The highest BCUT2D eigenvalue weighted by Gasteiger charge is 2.08. The number of ether oxygens (including phenoxy) is 1. The number of rotatable bonds is 5. The molecule has 3 heteroatoms. The molecular formula is C9H16O3. The van der Waals surface area contributed by atoms with Gasteiger partial charge in [0.05, 0.1) is 12.7 Å². The Morgan fingerprint density at radius 2 is 2.25 bits per heavy atom. The van der Waals surface area contributed by atoms with Crippen LogP contribution in [0.3, 0.4) is 0 Å². The van der Waals surface area contributed by atoms with Gasteiger partial charge in [0, 0.05) is 6.42 Å². The smallest absolute Gasteiger partial charge is 0.305 e. The largest absolute Gasteiger partial charge is 0.466 e. The average molecular weight is 172 g/mol. The third-order valence-corrected chi connectivity index (χ3v) is 1.50. The van der Waals surface area contributed by atoms with Crippen molar-refractivity contribution in [3.8, 4) is 0 Å². The molecule has 70 valence electrons. The minimum absolute atomic E-state index is 0.252. The van der Waals surface area contributed by atoms with Crippen molar-refractivity contribution < 1.29 is 14.6 Å². The summed E-state index contributed by atoms with van der Waals surface area (Å²) >= 11 is 0. The monoisotopic (exact) mass is 172 g/mol. The van der Waals surface area contributed by atoms with Crippen LogP contribution in [0.1, 0.15) is 26.7 Å². The third kappa shape index (κ3) is 4.91. The Balaban J connectivity index is 3.54. The van der Waals surface area contributed by atoms with E-state index < -0.39 is 6.10 Å². The van der Waals surface area contributed by atoms with Crippen LogP contribution >= 0.6 is 0 Å². The van der Waals surface area contributed by atoms with Crippen molar-refractivity contribution in [2.45, 2.75) is 32.8 Å². The Kier molecular flexibility index (Phi) is 5.37. The molecule has 0 amide bonds. The Morgan fingerprint density at radius 3 is 2.67 bits per heavy atom. The van der Waals surface area contributed by atoms with Crippen molar-refractivity contribution in [3.63, 3.8) is 0 Å². The molecule has 0 saturated carbocycles. The van der Waals surface area contributed by atoms with E-state index in [1.165, 1.54) is 0 Å². The fraction of sp³-hybridized carbons (Fsp3) is 0.667. The summed E-state index contributed by atoms with van der Waals surface area (Å²) in [5.41, 5.74) is 0.680. The number of aliphatic hydroxyl groups excluding tert-OH is 1. The van der Waals surface area contributed by atoms with Gasteiger partial charge in [-0.3, -0.25) is 4.79 Å². The van der Waals surface area contributed by atoms with E-state index >= 15 is 0 Å². The zero-order valence-corrected chi connectivity index (χ0v) is 7.67. The summed E-state index contributed by atoms with van der Waals surface area (Å²) in [5, 5.41) is 9.24. The molecule has 0 aromatic rings. The summed E-state index contributed by atoms with van der Waals surface area (Å²) in [7, 11) is 0. The zero-order valence-electron chi connectivity index (χ0n) is 7.67. The molecule has 0 saturated heterocycles. The van der Waals surface area contributed by atoms with E-state index in [1.807, 2.05) is 0 Å². The quantitative estimate of drug-likeness (QED) is 0.501. The van der Waals surface area contributed by atoms with Gasteiger partial charge in [0.25, 0.3) is 0 Å². The molecule has 0 aliphatic rings. The van der Waals surface area contributed by atoms with Crippen molar-refractivity contribution in [1.29, 1.82) is 0 Å². The normalized spacial score (nSPS) is 12.2. The fourth-order valence-corrected chi connectivity index (χ4v) is 0.734. The van der Waals surface area contributed by atoms with Gasteiger partial charge in [-0.25, -0.2) is 0 Å². The molecule has 1 atom stereocenters. The van der Waals surface area contributed by atoms with Gasteiger partial charge >= 0.3 is 5.97 Å².